The van der Waals surface area contributed by atoms with Crippen LogP contribution >= 0.6 is 0 Å². The van der Waals surface area contributed by atoms with Crippen molar-refractivity contribution < 1.29 is 14.7 Å². The first kappa shape index (κ1) is 14.2. The molecule has 6 heteroatoms. The van der Waals surface area contributed by atoms with Crippen molar-refractivity contribution in [2.24, 2.45) is 7.05 Å². The zero-order chi connectivity index (χ0) is 13.9. The topological polar surface area (TPSA) is 75.4 Å². The number of hydrogen-bond acceptors (Lipinski definition) is 3. The Labute approximate surface area is 106 Å². The van der Waals surface area contributed by atoms with Crippen molar-refractivity contribution >= 4 is 11.9 Å². The molecule has 0 aromatic carbocycles. The standard InChI is InChI=1S/C12H19N3O3/c1-8-10(9(2)15(4)13-8)7-11(16)14(3)6-5-12(17)18/h5-7H2,1-4H3,(H,17,18). The summed E-state index contributed by atoms with van der Waals surface area (Å²) >= 11 is 0. The van der Waals surface area contributed by atoms with Crippen LogP contribution < -0.4 is 0 Å². The number of aryl methyl sites for hydroxylation is 2. The van der Waals surface area contributed by atoms with Crippen LogP contribution in [0.5, 0.6) is 0 Å². The van der Waals surface area contributed by atoms with Gasteiger partial charge in [0.2, 0.25) is 5.91 Å². The summed E-state index contributed by atoms with van der Waals surface area (Å²) in [5.41, 5.74) is 2.73. The van der Waals surface area contributed by atoms with Crippen LogP contribution in [0.2, 0.25) is 0 Å². The van der Waals surface area contributed by atoms with E-state index in [1.54, 1.807) is 11.7 Å². The highest BCUT2D eigenvalue weighted by atomic mass is 16.4. The van der Waals surface area contributed by atoms with E-state index in [-0.39, 0.29) is 25.3 Å². The molecule has 0 aliphatic carbocycles. The predicted octanol–water partition coefficient (Wildman–Crippen LogP) is 0.513. The summed E-state index contributed by atoms with van der Waals surface area (Å²) in [6, 6.07) is 0. The summed E-state index contributed by atoms with van der Waals surface area (Å²) in [7, 11) is 3.46. The SMILES string of the molecule is Cc1nn(C)c(C)c1CC(=O)N(C)CCC(=O)O. The Morgan fingerprint density at radius 2 is 2.00 bits per heavy atom. The van der Waals surface area contributed by atoms with Crippen molar-refractivity contribution in [3.8, 4) is 0 Å². The molecule has 0 fully saturated rings. The molecule has 1 N–H and O–H groups in total. The van der Waals surface area contributed by atoms with Crippen LogP contribution in [0.4, 0.5) is 0 Å². The largest absolute Gasteiger partial charge is 0.481 e. The average Bonchev–Trinajstić information content (AvgIpc) is 2.52. The van der Waals surface area contributed by atoms with E-state index in [0.717, 1.165) is 17.0 Å². The summed E-state index contributed by atoms with van der Waals surface area (Å²) < 4.78 is 1.75. The van der Waals surface area contributed by atoms with Crippen LogP contribution in [0.15, 0.2) is 0 Å². The van der Waals surface area contributed by atoms with Gasteiger partial charge in [-0.05, 0) is 13.8 Å². The first-order valence-electron chi connectivity index (χ1n) is 5.77. The molecule has 1 aromatic rings. The molecule has 0 spiro atoms. The second kappa shape index (κ2) is 5.66. The molecule has 1 aromatic heterocycles. The van der Waals surface area contributed by atoms with Gasteiger partial charge in [-0.25, -0.2) is 0 Å². The summed E-state index contributed by atoms with van der Waals surface area (Å²) in [6.07, 6.45) is 0.231. The lowest BCUT2D eigenvalue weighted by Gasteiger charge is -2.16. The first-order chi connectivity index (χ1) is 8.32. The highest BCUT2D eigenvalue weighted by Gasteiger charge is 2.16. The van der Waals surface area contributed by atoms with E-state index < -0.39 is 5.97 Å². The maximum atomic E-state index is 11.9. The van der Waals surface area contributed by atoms with Crippen molar-refractivity contribution in [2.45, 2.75) is 26.7 Å². The molecule has 1 amide bonds. The van der Waals surface area contributed by atoms with Gasteiger partial charge in [0.05, 0.1) is 18.5 Å². The highest BCUT2D eigenvalue weighted by molar-refractivity contribution is 5.79. The van der Waals surface area contributed by atoms with Crippen molar-refractivity contribution in [1.29, 1.82) is 0 Å². The molecular formula is C12H19N3O3. The first-order valence-corrected chi connectivity index (χ1v) is 5.77. The third-order valence-electron chi connectivity index (χ3n) is 3.07. The second-order valence-corrected chi connectivity index (χ2v) is 4.41. The van der Waals surface area contributed by atoms with Gasteiger partial charge in [0, 0.05) is 31.9 Å². The molecule has 0 unspecified atom stereocenters. The van der Waals surface area contributed by atoms with Gasteiger partial charge in [-0.1, -0.05) is 0 Å². The number of carboxylic acids is 1. The van der Waals surface area contributed by atoms with Gasteiger partial charge in [0.15, 0.2) is 0 Å². The van der Waals surface area contributed by atoms with Crippen molar-refractivity contribution in [3.63, 3.8) is 0 Å². The molecule has 0 bridgehead atoms. The zero-order valence-corrected chi connectivity index (χ0v) is 11.2. The Balaban J connectivity index is 2.66. The summed E-state index contributed by atoms with van der Waals surface area (Å²) in [5, 5.41) is 12.8. The summed E-state index contributed by atoms with van der Waals surface area (Å²) in [4.78, 5) is 23.8. The summed E-state index contributed by atoms with van der Waals surface area (Å²) in [5.74, 6) is -0.987. The molecular weight excluding hydrogens is 234 g/mol. The van der Waals surface area contributed by atoms with Crippen molar-refractivity contribution in [1.82, 2.24) is 14.7 Å². The molecule has 0 aliphatic rings. The number of likely N-dealkylation sites (N-methyl/N-ethyl adjacent to an activating group) is 1. The number of rotatable bonds is 5. The third kappa shape index (κ3) is 3.32. The number of aromatic nitrogens is 2. The summed E-state index contributed by atoms with van der Waals surface area (Å²) in [6.45, 7) is 4.01. The number of amides is 1. The van der Waals surface area contributed by atoms with E-state index in [1.807, 2.05) is 20.9 Å². The Morgan fingerprint density at radius 3 is 2.44 bits per heavy atom. The number of carbonyl (C=O) groups excluding carboxylic acids is 1. The second-order valence-electron chi connectivity index (χ2n) is 4.41. The minimum atomic E-state index is -0.900. The van der Waals surface area contributed by atoms with Crippen LogP contribution in [0.1, 0.15) is 23.4 Å². The average molecular weight is 253 g/mol. The predicted molar refractivity (Wildman–Crippen MR) is 66.3 cm³/mol. The fraction of sp³-hybridized carbons (Fsp3) is 0.583. The third-order valence-corrected chi connectivity index (χ3v) is 3.07. The van der Waals surface area contributed by atoms with Gasteiger partial charge < -0.3 is 10.0 Å². The van der Waals surface area contributed by atoms with Gasteiger partial charge in [-0.15, -0.1) is 0 Å². The molecule has 100 valence electrons. The molecule has 1 rings (SSSR count). The van der Waals surface area contributed by atoms with E-state index in [9.17, 15) is 9.59 Å². The highest BCUT2D eigenvalue weighted by Crippen LogP contribution is 2.13. The van der Waals surface area contributed by atoms with Gasteiger partial charge in [-0.2, -0.15) is 5.10 Å². The fourth-order valence-electron chi connectivity index (χ4n) is 1.75. The van der Waals surface area contributed by atoms with Gasteiger partial charge in [-0.3, -0.25) is 14.3 Å². The van der Waals surface area contributed by atoms with Crippen molar-refractivity contribution in [2.75, 3.05) is 13.6 Å². The van der Waals surface area contributed by atoms with Crippen LogP contribution in [0.3, 0.4) is 0 Å². The Morgan fingerprint density at radius 1 is 1.39 bits per heavy atom. The smallest absolute Gasteiger partial charge is 0.305 e. The van der Waals surface area contributed by atoms with Crippen LogP contribution in [0, 0.1) is 13.8 Å². The lowest BCUT2D eigenvalue weighted by Crippen LogP contribution is -2.30. The number of aliphatic carboxylic acids is 1. The molecule has 1 heterocycles. The maximum Gasteiger partial charge on any atom is 0.305 e. The minimum Gasteiger partial charge on any atom is -0.481 e. The van der Waals surface area contributed by atoms with E-state index in [1.165, 1.54) is 4.90 Å². The van der Waals surface area contributed by atoms with E-state index in [4.69, 9.17) is 5.11 Å². The zero-order valence-electron chi connectivity index (χ0n) is 11.2. The molecule has 0 aliphatic heterocycles. The number of carbonyl (C=O) groups is 2. The maximum absolute atomic E-state index is 11.9. The lowest BCUT2D eigenvalue weighted by molar-refractivity contribution is -0.138. The number of hydrogen-bond donors (Lipinski definition) is 1. The Kier molecular flexibility index (Phi) is 4.47. The van der Waals surface area contributed by atoms with E-state index in [0.29, 0.717) is 0 Å². The Hall–Kier alpha value is -1.85. The van der Waals surface area contributed by atoms with Gasteiger partial charge >= 0.3 is 5.97 Å². The number of nitrogens with zero attached hydrogens (tertiary/aromatic N) is 3. The van der Waals surface area contributed by atoms with E-state index >= 15 is 0 Å². The lowest BCUT2D eigenvalue weighted by atomic mass is 10.1. The minimum absolute atomic E-state index is 0.0345. The normalized spacial score (nSPS) is 10.4. The van der Waals surface area contributed by atoms with Gasteiger partial charge in [0.25, 0.3) is 0 Å². The van der Waals surface area contributed by atoms with Crippen molar-refractivity contribution in [3.05, 3.63) is 17.0 Å². The van der Waals surface area contributed by atoms with E-state index in [2.05, 4.69) is 5.10 Å². The van der Waals surface area contributed by atoms with Crippen LogP contribution in [-0.2, 0) is 23.1 Å². The molecule has 0 radical (unpaired) electrons. The number of carboxylic acid groups (broad SMARTS) is 1. The van der Waals surface area contributed by atoms with Gasteiger partial charge in [0.1, 0.15) is 0 Å². The molecule has 0 saturated carbocycles. The van der Waals surface area contributed by atoms with Crippen LogP contribution in [0.25, 0.3) is 0 Å². The quantitative estimate of drug-likeness (QED) is 0.829. The molecule has 6 nitrogen and oxygen atoms in total. The molecule has 18 heavy (non-hydrogen) atoms. The fourth-order valence-corrected chi connectivity index (χ4v) is 1.75. The van der Waals surface area contributed by atoms with Crippen LogP contribution in [-0.4, -0.2) is 45.3 Å². The monoisotopic (exact) mass is 253 g/mol. The molecule has 0 atom stereocenters. The molecule has 0 saturated heterocycles. The Bertz CT molecular complexity index is 465.